The Morgan fingerprint density at radius 3 is 2.27 bits per heavy atom. The van der Waals surface area contributed by atoms with Gasteiger partial charge in [0.15, 0.2) is 5.75 Å². The Bertz CT molecular complexity index is 563. The number of ether oxygens (including phenoxy) is 1. The molecule has 0 radical (unpaired) electrons. The number of aliphatic carboxylic acids is 1. The number of carboxylic acids is 1. The van der Waals surface area contributed by atoms with Crippen molar-refractivity contribution in [3.63, 3.8) is 0 Å². The number of carboxylic acid groups (broad SMARTS) is 1. The molecular weight excluding hydrogens is 331 g/mol. The van der Waals surface area contributed by atoms with Crippen molar-refractivity contribution in [3.05, 3.63) is 22.2 Å². The smallest absolute Gasteiger partial charge is 0.321 e. The molecule has 2 N–H and O–H groups in total. The number of carbonyl (C=O) groups is 2. The van der Waals surface area contributed by atoms with Crippen LogP contribution in [0.25, 0.3) is 0 Å². The second-order valence-corrected chi connectivity index (χ2v) is 5.82. The van der Waals surface area contributed by atoms with E-state index in [9.17, 15) is 9.59 Å². The van der Waals surface area contributed by atoms with Gasteiger partial charge in [-0.15, -0.1) is 0 Å². The van der Waals surface area contributed by atoms with E-state index in [-0.39, 0.29) is 11.9 Å². The van der Waals surface area contributed by atoms with Crippen molar-refractivity contribution < 1.29 is 19.4 Å². The third-order valence-electron chi connectivity index (χ3n) is 3.59. The van der Waals surface area contributed by atoms with Gasteiger partial charge in [-0.2, -0.15) is 0 Å². The Kier molecular flexibility index (Phi) is 5.37. The predicted molar refractivity (Wildman–Crippen MR) is 84.0 cm³/mol. The maximum Gasteiger partial charge on any atom is 0.321 e. The summed E-state index contributed by atoms with van der Waals surface area (Å²) in [7, 11) is 1.46. The van der Waals surface area contributed by atoms with Gasteiger partial charge in [0.05, 0.1) is 23.1 Å². The van der Waals surface area contributed by atoms with Crippen LogP contribution in [0.2, 0.25) is 10.0 Å². The first kappa shape index (κ1) is 16.7. The number of halogens is 2. The van der Waals surface area contributed by atoms with E-state index in [2.05, 4.69) is 5.32 Å². The van der Waals surface area contributed by atoms with Crippen LogP contribution in [0.4, 0.5) is 10.5 Å². The van der Waals surface area contributed by atoms with Crippen LogP contribution in [-0.2, 0) is 4.79 Å². The largest absolute Gasteiger partial charge is 0.494 e. The first-order valence-corrected chi connectivity index (χ1v) is 7.49. The summed E-state index contributed by atoms with van der Waals surface area (Å²) < 4.78 is 5.04. The van der Waals surface area contributed by atoms with Crippen LogP contribution in [0.15, 0.2) is 12.1 Å². The SMILES string of the molecule is COc1c(Cl)cc(NC(=O)N2CCC(C(=O)O)CC2)cc1Cl. The lowest BCUT2D eigenvalue weighted by atomic mass is 9.97. The highest BCUT2D eigenvalue weighted by molar-refractivity contribution is 6.37. The van der Waals surface area contributed by atoms with E-state index >= 15 is 0 Å². The molecule has 1 aliphatic heterocycles. The van der Waals surface area contributed by atoms with E-state index in [1.807, 2.05) is 0 Å². The molecule has 8 heteroatoms. The van der Waals surface area contributed by atoms with Crippen molar-refractivity contribution in [2.24, 2.45) is 5.92 Å². The zero-order valence-corrected chi connectivity index (χ0v) is 13.4. The molecule has 0 spiro atoms. The van der Waals surface area contributed by atoms with Gasteiger partial charge in [0.2, 0.25) is 0 Å². The van der Waals surface area contributed by atoms with Crippen molar-refractivity contribution in [2.45, 2.75) is 12.8 Å². The lowest BCUT2D eigenvalue weighted by Gasteiger charge is -2.30. The fraction of sp³-hybridized carbons (Fsp3) is 0.429. The predicted octanol–water partition coefficient (Wildman–Crippen LogP) is 3.33. The third kappa shape index (κ3) is 3.75. The Morgan fingerprint density at radius 2 is 1.82 bits per heavy atom. The van der Waals surface area contributed by atoms with Gasteiger partial charge >= 0.3 is 12.0 Å². The van der Waals surface area contributed by atoms with E-state index < -0.39 is 5.97 Å². The Morgan fingerprint density at radius 1 is 1.27 bits per heavy atom. The number of amides is 2. The second-order valence-electron chi connectivity index (χ2n) is 5.00. The molecule has 6 nitrogen and oxygen atoms in total. The molecule has 22 heavy (non-hydrogen) atoms. The average molecular weight is 347 g/mol. The minimum Gasteiger partial charge on any atom is -0.494 e. The van der Waals surface area contributed by atoms with E-state index in [1.165, 1.54) is 7.11 Å². The van der Waals surface area contributed by atoms with Gasteiger partial charge in [0, 0.05) is 18.8 Å². The average Bonchev–Trinajstić information content (AvgIpc) is 2.47. The van der Waals surface area contributed by atoms with E-state index in [0.717, 1.165) is 0 Å². The molecule has 0 unspecified atom stereocenters. The molecule has 1 fully saturated rings. The number of urea groups is 1. The summed E-state index contributed by atoms with van der Waals surface area (Å²) in [4.78, 5) is 24.6. The van der Waals surface area contributed by atoms with Crippen LogP contribution < -0.4 is 10.1 Å². The number of piperidine rings is 1. The molecular formula is C14H16Cl2N2O4. The van der Waals surface area contributed by atoms with Gasteiger partial charge in [0.25, 0.3) is 0 Å². The Balaban J connectivity index is 2.00. The Hall–Kier alpha value is -1.66. The first-order chi connectivity index (χ1) is 10.4. The molecule has 0 atom stereocenters. The van der Waals surface area contributed by atoms with Crippen LogP contribution >= 0.6 is 23.2 Å². The summed E-state index contributed by atoms with van der Waals surface area (Å²) in [5.74, 6) is -0.841. The summed E-state index contributed by atoms with van der Waals surface area (Å²) in [6.45, 7) is 0.806. The van der Waals surface area contributed by atoms with Crippen LogP contribution in [0.3, 0.4) is 0 Å². The molecule has 0 saturated carbocycles. The van der Waals surface area contributed by atoms with Crippen molar-refractivity contribution in [1.29, 1.82) is 0 Å². The topological polar surface area (TPSA) is 78.9 Å². The van der Waals surface area contributed by atoms with Crippen LogP contribution in [0.5, 0.6) is 5.75 Å². The van der Waals surface area contributed by atoms with Crippen molar-refractivity contribution >= 4 is 40.9 Å². The fourth-order valence-corrected chi connectivity index (χ4v) is 3.00. The number of anilines is 1. The number of likely N-dealkylation sites (tertiary alicyclic amines) is 1. The number of benzene rings is 1. The number of nitrogens with one attached hydrogen (secondary N) is 1. The molecule has 0 bridgehead atoms. The standard InChI is InChI=1S/C14H16Cl2N2O4/c1-22-12-10(15)6-9(7-11(12)16)17-14(21)18-4-2-8(3-5-18)13(19)20/h6-8H,2-5H2,1H3,(H,17,21)(H,19,20). The van der Waals surface area contributed by atoms with Gasteiger partial charge < -0.3 is 20.1 Å². The zero-order chi connectivity index (χ0) is 16.3. The molecule has 120 valence electrons. The maximum atomic E-state index is 12.2. The normalized spacial score (nSPS) is 15.5. The zero-order valence-electron chi connectivity index (χ0n) is 11.9. The van der Waals surface area contributed by atoms with Gasteiger partial charge in [-0.05, 0) is 25.0 Å². The highest BCUT2D eigenvalue weighted by Crippen LogP contribution is 2.35. The first-order valence-electron chi connectivity index (χ1n) is 6.74. The summed E-state index contributed by atoms with van der Waals surface area (Å²) in [5, 5.41) is 12.3. The van der Waals surface area contributed by atoms with Crippen molar-refractivity contribution in [3.8, 4) is 5.75 Å². The highest BCUT2D eigenvalue weighted by atomic mass is 35.5. The maximum absolute atomic E-state index is 12.2. The van der Waals surface area contributed by atoms with Gasteiger partial charge in [-0.3, -0.25) is 4.79 Å². The number of methoxy groups -OCH3 is 1. The van der Waals surface area contributed by atoms with E-state index in [1.54, 1.807) is 17.0 Å². The minimum absolute atomic E-state index is 0.301. The van der Waals surface area contributed by atoms with Crippen molar-refractivity contribution in [1.82, 2.24) is 4.90 Å². The molecule has 2 amide bonds. The van der Waals surface area contributed by atoms with Gasteiger partial charge in [-0.1, -0.05) is 23.2 Å². The number of nitrogens with zero attached hydrogens (tertiary/aromatic N) is 1. The van der Waals surface area contributed by atoms with E-state index in [4.69, 9.17) is 33.0 Å². The monoisotopic (exact) mass is 346 g/mol. The fourth-order valence-electron chi connectivity index (χ4n) is 2.36. The van der Waals surface area contributed by atoms with Crippen LogP contribution in [0.1, 0.15) is 12.8 Å². The number of carbonyl (C=O) groups excluding carboxylic acids is 1. The molecule has 2 rings (SSSR count). The lowest BCUT2D eigenvalue weighted by molar-refractivity contribution is -0.143. The molecule has 1 aliphatic rings. The number of hydrogen-bond donors (Lipinski definition) is 2. The minimum atomic E-state index is -0.811. The summed E-state index contributed by atoms with van der Waals surface area (Å²) in [5.41, 5.74) is 0.459. The van der Waals surface area contributed by atoms with E-state index in [0.29, 0.717) is 47.4 Å². The number of rotatable bonds is 3. The van der Waals surface area contributed by atoms with Crippen LogP contribution in [0, 0.1) is 5.92 Å². The summed E-state index contributed by atoms with van der Waals surface area (Å²) in [6, 6.07) is 2.80. The summed E-state index contributed by atoms with van der Waals surface area (Å²) >= 11 is 12.0. The summed E-state index contributed by atoms with van der Waals surface area (Å²) in [6.07, 6.45) is 0.903. The molecule has 1 heterocycles. The quantitative estimate of drug-likeness (QED) is 0.879. The van der Waals surface area contributed by atoms with Crippen LogP contribution in [-0.4, -0.2) is 42.2 Å². The van der Waals surface area contributed by atoms with Gasteiger partial charge in [-0.25, -0.2) is 4.79 Å². The lowest BCUT2D eigenvalue weighted by Crippen LogP contribution is -2.42. The molecule has 0 aromatic heterocycles. The molecule has 0 aliphatic carbocycles. The molecule has 1 aromatic carbocycles. The number of hydrogen-bond acceptors (Lipinski definition) is 3. The van der Waals surface area contributed by atoms with Gasteiger partial charge in [0.1, 0.15) is 0 Å². The Labute approximate surface area is 137 Å². The highest BCUT2D eigenvalue weighted by Gasteiger charge is 2.27. The third-order valence-corrected chi connectivity index (χ3v) is 4.15. The van der Waals surface area contributed by atoms with Crippen molar-refractivity contribution in [2.75, 3.05) is 25.5 Å². The molecule has 1 saturated heterocycles. The molecule has 1 aromatic rings. The second kappa shape index (κ2) is 7.07.